The number of thiophene rings is 1. The van der Waals surface area contributed by atoms with Gasteiger partial charge in [0.25, 0.3) is 0 Å². The molecule has 0 aliphatic heterocycles. The van der Waals surface area contributed by atoms with Gasteiger partial charge < -0.3 is 15.4 Å². The first-order chi connectivity index (χ1) is 12.3. The number of nitrogens with one attached hydrogen (secondary N) is 2. The summed E-state index contributed by atoms with van der Waals surface area (Å²) in [5, 5.41) is 8.95. The summed E-state index contributed by atoms with van der Waals surface area (Å²) in [6.45, 7) is 0.369. The first kappa shape index (κ1) is 18.2. The number of alkyl halides is 3. The molecule has 1 aliphatic rings. The van der Waals surface area contributed by atoms with E-state index in [1.54, 1.807) is 11.3 Å². The predicted molar refractivity (Wildman–Crippen MR) is 90.0 cm³/mol. The van der Waals surface area contributed by atoms with Crippen LogP contribution in [0.3, 0.4) is 0 Å². The van der Waals surface area contributed by atoms with Gasteiger partial charge in [-0.05, 0) is 59.5 Å². The zero-order valence-electron chi connectivity index (χ0n) is 13.4. The van der Waals surface area contributed by atoms with Gasteiger partial charge in [-0.15, -0.1) is 13.2 Å². The maximum Gasteiger partial charge on any atom is 0.573 e. The van der Waals surface area contributed by atoms with Crippen molar-refractivity contribution in [2.75, 3.05) is 11.9 Å². The number of carbonyl (C=O) groups excluding carboxylic acids is 2. The van der Waals surface area contributed by atoms with Crippen LogP contribution >= 0.6 is 11.3 Å². The molecule has 1 heterocycles. The molecule has 3 rings (SSSR count). The second kappa shape index (κ2) is 6.99. The van der Waals surface area contributed by atoms with Gasteiger partial charge in [-0.2, -0.15) is 11.3 Å². The quantitative estimate of drug-likeness (QED) is 0.776. The highest BCUT2D eigenvalue weighted by Crippen LogP contribution is 2.48. The van der Waals surface area contributed by atoms with Crippen LogP contribution in [0.15, 0.2) is 41.1 Å². The van der Waals surface area contributed by atoms with Crippen molar-refractivity contribution in [3.05, 3.63) is 46.7 Å². The molecule has 0 spiro atoms. The van der Waals surface area contributed by atoms with Crippen LogP contribution in [0.2, 0.25) is 0 Å². The van der Waals surface area contributed by atoms with E-state index in [0.717, 1.165) is 30.5 Å². The molecule has 2 amide bonds. The van der Waals surface area contributed by atoms with E-state index >= 15 is 0 Å². The lowest BCUT2D eigenvalue weighted by Gasteiger charge is -2.14. The number of hydrogen-bond acceptors (Lipinski definition) is 4. The first-order valence-corrected chi connectivity index (χ1v) is 8.69. The van der Waals surface area contributed by atoms with Crippen LogP contribution in [0.5, 0.6) is 5.75 Å². The molecule has 0 atom stereocenters. The van der Waals surface area contributed by atoms with Crippen LogP contribution in [0.1, 0.15) is 18.4 Å². The summed E-state index contributed by atoms with van der Waals surface area (Å²) in [5.74, 6) is -2.08. The smallest absolute Gasteiger partial charge is 0.406 e. The topological polar surface area (TPSA) is 67.4 Å². The summed E-state index contributed by atoms with van der Waals surface area (Å²) in [7, 11) is 0. The van der Waals surface area contributed by atoms with Crippen molar-refractivity contribution in [1.29, 1.82) is 0 Å². The number of rotatable bonds is 5. The Bertz CT molecular complexity index is 785. The summed E-state index contributed by atoms with van der Waals surface area (Å²) < 4.78 is 40.0. The van der Waals surface area contributed by atoms with E-state index in [0.29, 0.717) is 6.54 Å². The third-order valence-electron chi connectivity index (χ3n) is 4.13. The van der Waals surface area contributed by atoms with Crippen LogP contribution in [0.25, 0.3) is 0 Å². The minimum absolute atomic E-state index is 0.0908. The van der Waals surface area contributed by atoms with Crippen LogP contribution in [0, 0.1) is 0 Å². The third kappa shape index (κ3) is 4.54. The third-order valence-corrected chi connectivity index (χ3v) is 4.81. The molecule has 2 N–H and O–H groups in total. The van der Waals surface area contributed by atoms with Gasteiger partial charge in [0.05, 0.1) is 0 Å². The fourth-order valence-corrected chi connectivity index (χ4v) is 3.32. The van der Waals surface area contributed by atoms with Gasteiger partial charge in [-0.1, -0.05) is 0 Å². The Hall–Kier alpha value is -2.55. The highest BCUT2D eigenvalue weighted by Gasteiger charge is 2.44. The normalized spacial score (nSPS) is 15.2. The van der Waals surface area contributed by atoms with Gasteiger partial charge in [0.2, 0.25) is 0 Å². The summed E-state index contributed by atoms with van der Waals surface area (Å²) in [6, 6.07) is 6.56. The lowest BCUT2D eigenvalue weighted by Crippen LogP contribution is -2.39. The Morgan fingerprint density at radius 3 is 2.35 bits per heavy atom. The maximum atomic E-state index is 12.1. The molecular formula is C17H15F3N2O3S. The van der Waals surface area contributed by atoms with Gasteiger partial charge in [0, 0.05) is 17.6 Å². The summed E-state index contributed by atoms with van der Waals surface area (Å²) in [5.41, 5.74) is 1.26. The molecule has 1 aromatic heterocycles. The summed E-state index contributed by atoms with van der Waals surface area (Å²) in [6.07, 6.45) is -2.88. The number of anilines is 1. The first-order valence-electron chi connectivity index (χ1n) is 7.75. The van der Waals surface area contributed by atoms with Gasteiger partial charge in [-0.25, -0.2) is 0 Å². The zero-order valence-corrected chi connectivity index (χ0v) is 14.2. The van der Waals surface area contributed by atoms with E-state index < -0.39 is 23.9 Å². The molecule has 1 aliphatic carbocycles. The Morgan fingerprint density at radius 2 is 1.81 bits per heavy atom. The van der Waals surface area contributed by atoms with Gasteiger partial charge in [0.15, 0.2) is 0 Å². The Morgan fingerprint density at radius 1 is 1.12 bits per heavy atom. The fraction of sp³-hybridized carbons (Fsp3) is 0.294. The van der Waals surface area contributed by atoms with Crippen molar-refractivity contribution in [2.45, 2.75) is 24.6 Å². The molecule has 26 heavy (non-hydrogen) atoms. The van der Waals surface area contributed by atoms with Crippen molar-refractivity contribution in [2.24, 2.45) is 0 Å². The number of hydrogen-bond donors (Lipinski definition) is 2. The molecule has 1 saturated carbocycles. The van der Waals surface area contributed by atoms with E-state index in [1.807, 2.05) is 16.8 Å². The fourth-order valence-electron chi connectivity index (χ4n) is 2.54. The molecule has 0 bridgehead atoms. The number of benzene rings is 1. The molecule has 1 fully saturated rings. The molecule has 138 valence electrons. The average molecular weight is 384 g/mol. The molecule has 2 aromatic rings. The molecule has 0 radical (unpaired) electrons. The minimum Gasteiger partial charge on any atom is -0.406 e. The largest absolute Gasteiger partial charge is 0.573 e. The Balaban J connectivity index is 1.51. The summed E-state index contributed by atoms with van der Waals surface area (Å²) in [4.78, 5) is 23.9. The van der Waals surface area contributed by atoms with Crippen LogP contribution < -0.4 is 15.4 Å². The lowest BCUT2D eigenvalue weighted by atomic mass is 9.99. The van der Waals surface area contributed by atoms with E-state index in [2.05, 4.69) is 15.4 Å². The van der Waals surface area contributed by atoms with Crippen LogP contribution in [-0.4, -0.2) is 24.7 Å². The highest BCUT2D eigenvalue weighted by molar-refractivity contribution is 7.08. The number of carbonyl (C=O) groups is 2. The van der Waals surface area contributed by atoms with Crippen LogP contribution in [0.4, 0.5) is 18.9 Å². The van der Waals surface area contributed by atoms with Crippen molar-refractivity contribution in [3.63, 3.8) is 0 Å². The number of halogens is 3. The lowest BCUT2D eigenvalue weighted by molar-refractivity contribution is -0.274. The second-order valence-corrected chi connectivity index (χ2v) is 6.78. The monoisotopic (exact) mass is 384 g/mol. The Kier molecular flexibility index (Phi) is 4.90. The standard InChI is InChI=1S/C17H15F3N2O3S/c18-17(19,20)25-13-3-1-12(2-4-13)22-15(24)14(23)21-10-16(6-7-16)11-5-8-26-9-11/h1-5,8-9H,6-7,10H2,(H,21,23)(H,22,24). The van der Waals surface area contributed by atoms with Gasteiger partial charge >= 0.3 is 18.2 Å². The highest BCUT2D eigenvalue weighted by atomic mass is 32.1. The number of ether oxygens (including phenoxy) is 1. The molecule has 5 nitrogen and oxygen atoms in total. The zero-order chi connectivity index (χ0) is 18.8. The van der Waals surface area contributed by atoms with E-state index in [-0.39, 0.29) is 11.1 Å². The van der Waals surface area contributed by atoms with E-state index in [9.17, 15) is 22.8 Å². The maximum absolute atomic E-state index is 12.1. The van der Waals surface area contributed by atoms with Gasteiger partial charge in [-0.3, -0.25) is 9.59 Å². The molecule has 0 saturated heterocycles. The SMILES string of the molecule is O=C(NCC1(c2ccsc2)CC1)C(=O)Nc1ccc(OC(F)(F)F)cc1. The van der Waals surface area contributed by atoms with Crippen LogP contribution in [-0.2, 0) is 15.0 Å². The van der Waals surface area contributed by atoms with Crippen molar-refractivity contribution in [1.82, 2.24) is 5.32 Å². The summed E-state index contributed by atoms with van der Waals surface area (Å²) >= 11 is 1.58. The molecule has 9 heteroatoms. The molecular weight excluding hydrogens is 369 g/mol. The second-order valence-electron chi connectivity index (χ2n) is 6.00. The van der Waals surface area contributed by atoms with E-state index in [4.69, 9.17) is 0 Å². The average Bonchev–Trinajstić information content (AvgIpc) is 3.15. The molecule has 1 aromatic carbocycles. The van der Waals surface area contributed by atoms with Crippen molar-refractivity contribution < 1.29 is 27.5 Å². The van der Waals surface area contributed by atoms with Crippen molar-refractivity contribution >= 4 is 28.8 Å². The van der Waals surface area contributed by atoms with Gasteiger partial charge in [0.1, 0.15) is 5.75 Å². The Labute approximate surface area is 151 Å². The van der Waals surface area contributed by atoms with E-state index in [1.165, 1.54) is 12.1 Å². The number of amides is 2. The minimum atomic E-state index is -4.79. The predicted octanol–water partition coefficient (Wildman–Crippen LogP) is 3.43. The molecule has 0 unspecified atom stereocenters. The van der Waals surface area contributed by atoms with Crippen molar-refractivity contribution in [3.8, 4) is 5.75 Å².